The fourth-order valence-electron chi connectivity index (χ4n) is 4.59. The van der Waals surface area contributed by atoms with E-state index in [1.54, 1.807) is 6.92 Å². The van der Waals surface area contributed by atoms with E-state index in [1.807, 2.05) is 24.3 Å². The lowest BCUT2D eigenvalue weighted by Gasteiger charge is -2.23. The molecule has 0 heterocycles. The molecule has 11 nitrogen and oxygen atoms in total. The monoisotopic (exact) mass is 566 g/mol. The summed E-state index contributed by atoms with van der Waals surface area (Å²) in [6, 6.07) is 15.3. The summed E-state index contributed by atoms with van der Waals surface area (Å²) < 4.78 is 10.4. The number of hydrogen-bond acceptors (Lipinski definition) is 7. The van der Waals surface area contributed by atoms with Gasteiger partial charge in [0.25, 0.3) is 11.8 Å². The molecule has 1 aliphatic rings. The van der Waals surface area contributed by atoms with E-state index in [-0.39, 0.29) is 25.6 Å². The lowest BCUT2D eigenvalue weighted by atomic mass is 9.93. The van der Waals surface area contributed by atoms with Crippen molar-refractivity contribution in [3.8, 4) is 11.1 Å². The number of nitrogens with one attached hydrogen (secondary N) is 4. The minimum Gasteiger partial charge on any atom is -0.465 e. The van der Waals surface area contributed by atoms with E-state index in [0.29, 0.717) is 19.4 Å². The Bertz CT molecular complexity index is 1230. The van der Waals surface area contributed by atoms with Crippen LogP contribution >= 0.6 is 0 Å². The van der Waals surface area contributed by atoms with Crippen molar-refractivity contribution < 1.29 is 33.4 Å². The summed E-state index contributed by atoms with van der Waals surface area (Å²) >= 11 is 0. The van der Waals surface area contributed by atoms with Gasteiger partial charge in [-0.2, -0.15) is 0 Å². The zero-order chi connectivity index (χ0) is 30.0. The van der Waals surface area contributed by atoms with Gasteiger partial charge in [0.15, 0.2) is 0 Å². The van der Waals surface area contributed by atoms with Crippen molar-refractivity contribution >= 4 is 29.8 Å². The molecule has 0 fully saturated rings. The van der Waals surface area contributed by atoms with Gasteiger partial charge in [-0.1, -0.05) is 48.5 Å². The molecule has 2 aromatic carbocycles. The normalized spacial score (nSPS) is 12.8. The second-order valence-corrected chi connectivity index (χ2v) is 10.3. The number of unbranched alkanes of at least 4 members (excludes halogenated alkanes) is 1. The number of rotatable bonds is 12. The van der Waals surface area contributed by atoms with Crippen molar-refractivity contribution in [1.82, 2.24) is 21.5 Å². The van der Waals surface area contributed by atoms with Crippen LogP contribution in [0.2, 0.25) is 0 Å². The Kier molecular flexibility index (Phi) is 10.8. The van der Waals surface area contributed by atoms with Crippen LogP contribution in [0.4, 0.5) is 4.79 Å². The molecule has 0 saturated heterocycles. The lowest BCUT2D eigenvalue weighted by molar-refractivity contribution is -0.159. The van der Waals surface area contributed by atoms with Crippen molar-refractivity contribution in [2.24, 2.45) is 5.41 Å². The topological polar surface area (TPSA) is 152 Å². The minimum atomic E-state index is -1.52. The third kappa shape index (κ3) is 8.06. The van der Waals surface area contributed by atoms with Crippen LogP contribution in [0.25, 0.3) is 11.1 Å². The minimum absolute atomic E-state index is 0.0339. The first kappa shape index (κ1) is 31.1. The molecule has 0 bridgehead atoms. The molecule has 0 saturated carbocycles. The van der Waals surface area contributed by atoms with E-state index < -0.39 is 41.2 Å². The van der Waals surface area contributed by atoms with Gasteiger partial charge in [0.05, 0.1) is 6.61 Å². The summed E-state index contributed by atoms with van der Waals surface area (Å²) in [4.78, 5) is 61.0. The molecular formula is C30H38N4O7. The molecule has 0 aliphatic heterocycles. The summed E-state index contributed by atoms with van der Waals surface area (Å²) in [7, 11) is 0. The number of fused-ring (bicyclic) bond motifs is 3. The van der Waals surface area contributed by atoms with Crippen molar-refractivity contribution in [2.75, 3.05) is 19.8 Å². The van der Waals surface area contributed by atoms with Crippen molar-refractivity contribution in [3.63, 3.8) is 0 Å². The molecule has 0 radical (unpaired) electrons. The Hall–Kier alpha value is -4.41. The van der Waals surface area contributed by atoms with Crippen LogP contribution < -0.4 is 21.5 Å². The number of amides is 4. The first-order chi connectivity index (χ1) is 19.6. The van der Waals surface area contributed by atoms with Gasteiger partial charge in [0, 0.05) is 19.4 Å². The molecule has 0 spiro atoms. The fourth-order valence-corrected chi connectivity index (χ4v) is 4.59. The lowest BCUT2D eigenvalue weighted by Crippen LogP contribution is -2.55. The smallest absolute Gasteiger partial charge is 0.407 e. The van der Waals surface area contributed by atoms with Gasteiger partial charge in [-0.3, -0.25) is 30.0 Å². The van der Waals surface area contributed by atoms with Crippen molar-refractivity contribution in [3.05, 3.63) is 59.7 Å². The summed E-state index contributed by atoms with van der Waals surface area (Å²) in [6.45, 7) is 6.30. The Balaban J connectivity index is 1.41. The molecule has 1 atom stereocenters. The average Bonchev–Trinajstić information content (AvgIpc) is 3.27. The van der Waals surface area contributed by atoms with E-state index in [1.165, 1.54) is 20.8 Å². The van der Waals surface area contributed by atoms with Crippen molar-refractivity contribution in [1.29, 1.82) is 0 Å². The first-order valence-corrected chi connectivity index (χ1v) is 13.7. The van der Waals surface area contributed by atoms with Crippen LogP contribution in [-0.2, 0) is 28.7 Å². The summed E-state index contributed by atoms with van der Waals surface area (Å²) in [5, 5.41) is 5.27. The van der Waals surface area contributed by atoms with E-state index in [9.17, 15) is 24.0 Å². The highest BCUT2D eigenvalue weighted by Gasteiger charge is 2.38. The molecule has 2 aromatic rings. The highest BCUT2D eigenvalue weighted by molar-refractivity contribution is 6.02. The Morgan fingerprint density at radius 3 is 2.07 bits per heavy atom. The Morgan fingerprint density at radius 1 is 0.878 bits per heavy atom. The number of benzene rings is 2. The zero-order valence-corrected chi connectivity index (χ0v) is 23.9. The second kappa shape index (κ2) is 14.3. The first-order valence-electron chi connectivity index (χ1n) is 13.7. The number of hydrazine groups is 1. The van der Waals surface area contributed by atoms with Gasteiger partial charge in [-0.15, -0.1) is 0 Å². The van der Waals surface area contributed by atoms with Crippen LogP contribution in [0.5, 0.6) is 0 Å². The molecule has 0 unspecified atom stereocenters. The molecule has 41 heavy (non-hydrogen) atoms. The molecule has 3 rings (SSSR count). The maximum atomic E-state index is 12.6. The largest absolute Gasteiger partial charge is 0.465 e. The highest BCUT2D eigenvalue weighted by Crippen LogP contribution is 2.44. The number of alkyl carbamates (subject to hydrolysis) is 1. The number of hydrogen-bond donors (Lipinski definition) is 4. The van der Waals surface area contributed by atoms with Gasteiger partial charge < -0.3 is 20.1 Å². The molecule has 220 valence electrons. The maximum Gasteiger partial charge on any atom is 0.407 e. The average molecular weight is 567 g/mol. The molecule has 11 heteroatoms. The fraction of sp³-hybridized carbons (Fsp3) is 0.433. The van der Waals surface area contributed by atoms with Crippen LogP contribution in [0.15, 0.2) is 48.5 Å². The zero-order valence-electron chi connectivity index (χ0n) is 23.9. The molecular weight excluding hydrogens is 528 g/mol. The Labute approximate surface area is 239 Å². The number of ether oxygens (including phenoxy) is 2. The van der Waals surface area contributed by atoms with E-state index in [4.69, 9.17) is 9.47 Å². The van der Waals surface area contributed by atoms with E-state index >= 15 is 0 Å². The third-order valence-corrected chi connectivity index (χ3v) is 6.88. The summed E-state index contributed by atoms with van der Waals surface area (Å²) in [5.41, 5.74) is 7.52. The SMILES string of the molecule is CCOC(=O)C(C)(C)C(=O)NNC(=O)[C@H](CCCCNC(=O)OCC1c2ccccc2-c2ccccc21)NC(C)=O. The standard InChI is InChI=1S/C30H38N4O7/c1-5-40-28(38)30(3,4)27(37)34-33-26(36)25(32-19(2)35)16-10-11-17-31-29(39)41-18-24-22-14-8-6-12-20(22)21-13-7-9-15-23(21)24/h6-9,12-15,24-25H,5,10-11,16-18H2,1-4H3,(H,31,39)(H,32,35)(H,33,36)(H,34,37)/t25-/m0/s1. The van der Waals surface area contributed by atoms with Crippen LogP contribution in [-0.4, -0.2) is 55.6 Å². The van der Waals surface area contributed by atoms with Gasteiger partial charge in [-0.05, 0) is 62.3 Å². The molecule has 1 aliphatic carbocycles. The summed E-state index contributed by atoms with van der Waals surface area (Å²) in [5.74, 6) is -2.57. The van der Waals surface area contributed by atoms with E-state index in [2.05, 4.69) is 45.8 Å². The predicted molar refractivity (Wildman–Crippen MR) is 151 cm³/mol. The maximum absolute atomic E-state index is 12.6. The highest BCUT2D eigenvalue weighted by atomic mass is 16.5. The predicted octanol–water partition coefficient (Wildman–Crippen LogP) is 2.94. The summed E-state index contributed by atoms with van der Waals surface area (Å²) in [6.07, 6.45) is 0.740. The van der Waals surface area contributed by atoms with Crippen LogP contribution in [0, 0.1) is 5.41 Å². The second-order valence-electron chi connectivity index (χ2n) is 10.3. The molecule has 4 N–H and O–H groups in total. The quantitative estimate of drug-likeness (QED) is 0.133. The van der Waals surface area contributed by atoms with Gasteiger partial charge in [-0.25, -0.2) is 4.79 Å². The molecule has 0 aromatic heterocycles. The molecule has 4 amide bonds. The number of carbonyl (C=O) groups is 5. The number of esters is 1. The van der Waals surface area contributed by atoms with Crippen LogP contribution in [0.3, 0.4) is 0 Å². The van der Waals surface area contributed by atoms with Crippen molar-refractivity contribution in [2.45, 2.75) is 58.9 Å². The van der Waals surface area contributed by atoms with Gasteiger partial charge >= 0.3 is 12.1 Å². The van der Waals surface area contributed by atoms with Crippen LogP contribution in [0.1, 0.15) is 64.0 Å². The third-order valence-electron chi connectivity index (χ3n) is 6.88. The van der Waals surface area contributed by atoms with Gasteiger partial charge in [0.1, 0.15) is 18.1 Å². The van der Waals surface area contributed by atoms with Gasteiger partial charge in [0.2, 0.25) is 5.91 Å². The Morgan fingerprint density at radius 2 is 1.49 bits per heavy atom. The van der Waals surface area contributed by atoms with E-state index in [0.717, 1.165) is 22.3 Å². The number of carbonyl (C=O) groups excluding carboxylic acids is 5.